The van der Waals surface area contributed by atoms with Gasteiger partial charge in [0.25, 0.3) is 0 Å². The van der Waals surface area contributed by atoms with Crippen molar-refractivity contribution < 1.29 is 29.3 Å². The number of aliphatic hydroxyl groups excluding tert-OH is 1. The minimum Gasteiger partial charge on any atom is -0.456 e. The summed E-state index contributed by atoms with van der Waals surface area (Å²) in [6.07, 6.45) is 1.94. The van der Waals surface area contributed by atoms with Gasteiger partial charge >= 0.3 is 11.9 Å². The van der Waals surface area contributed by atoms with Gasteiger partial charge < -0.3 is 19.7 Å². The summed E-state index contributed by atoms with van der Waals surface area (Å²) in [5.41, 5.74) is 1.70. The fourth-order valence-corrected chi connectivity index (χ4v) is 4.91. The fourth-order valence-electron chi connectivity index (χ4n) is 4.91. The van der Waals surface area contributed by atoms with Crippen LogP contribution >= 0.6 is 0 Å². The molecule has 0 aromatic rings. The summed E-state index contributed by atoms with van der Waals surface area (Å²) >= 11 is 0. The molecule has 27 heavy (non-hydrogen) atoms. The Labute approximate surface area is 160 Å². The van der Waals surface area contributed by atoms with Crippen LogP contribution in [0.2, 0.25) is 0 Å². The Morgan fingerprint density at radius 2 is 2.11 bits per heavy atom. The summed E-state index contributed by atoms with van der Waals surface area (Å²) in [6.45, 7) is 9.57. The number of ether oxygens (including phenoxy) is 2. The second-order valence-corrected chi connectivity index (χ2v) is 8.70. The summed E-state index contributed by atoms with van der Waals surface area (Å²) < 4.78 is 10.9. The van der Waals surface area contributed by atoms with Gasteiger partial charge in [-0.15, -0.1) is 0 Å². The third-order valence-corrected chi connectivity index (χ3v) is 7.12. The topological polar surface area (TPSA) is 93.1 Å². The van der Waals surface area contributed by atoms with Crippen LogP contribution in [0.15, 0.2) is 22.8 Å². The first-order chi connectivity index (χ1) is 12.5. The Morgan fingerprint density at radius 3 is 2.74 bits per heavy atom. The molecule has 2 N–H and O–H groups in total. The van der Waals surface area contributed by atoms with E-state index in [1.807, 2.05) is 20.8 Å². The van der Waals surface area contributed by atoms with Gasteiger partial charge in [0, 0.05) is 29.6 Å². The number of rotatable bonds is 3. The highest BCUT2D eigenvalue weighted by atomic mass is 16.7. The Bertz CT molecular complexity index is 722. The fraction of sp³-hybridized carbons (Fsp3) is 0.714. The molecule has 6 atom stereocenters. The average molecular weight is 378 g/mol. The van der Waals surface area contributed by atoms with Crippen molar-refractivity contribution in [1.29, 1.82) is 0 Å². The van der Waals surface area contributed by atoms with Crippen LogP contribution in [0.1, 0.15) is 60.3 Å². The molecule has 2 fully saturated rings. The van der Waals surface area contributed by atoms with E-state index in [1.165, 1.54) is 6.08 Å². The van der Waals surface area contributed by atoms with Crippen molar-refractivity contribution in [1.82, 2.24) is 0 Å². The molecule has 0 amide bonds. The van der Waals surface area contributed by atoms with E-state index < -0.39 is 29.9 Å². The van der Waals surface area contributed by atoms with Crippen molar-refractivity contribution in [2.75, 3.05) is 0 Å². The van der Waals surface area contributed by atoms with Gasteiger partial charge in [-0.3, -0.25) is 0 Å². The standard InChI is InChI=1S/C21H30O6/c1-6-11(2)7-17(23)26-18-13(4)20(5)10-15-12(3)19(24)27-21(15,25)9-14(20)8-16(18)22/h7,13-14,16,18,22,25H,6,8-10H2,1-5H3. The molecule has 6 heteroatoms. The number of aliphatic hydroxyl groups is 2. The van der Waals surface area contributed by atoms with E-state index in [1.54, 1.807) is 6.92 Å². The lowest BCUT2D eigenvalue weighted by Gasteiger charge is -2.55. The first-order valence-electron chi connectivity index (χ1n) is 9.73. The van der Waals surface area contributed by atoms with Crippen LogP contribution in [0.25, 0.3) is 0 Å². The number of fused-ring (bicyclic) bond motifs is 2. The molecule has 2 saturated carbocycles. The molecule has 150 valence electrons. The molecule has 1 heterocycles. The smallest absolute Gasteiger partial charge is 0.336 e. The Morgan fingerprint density at radius 1 is 1.44 bits per heavy atom. The second kappa shape index (κ2) is 6.74. The van der Waals surface area contributed by atoms with Crippen LogP contribution in [0, 0.1) is 17.3 Å². The molecule has 3 rings (SSSR count). The lowest BCUT2D eigenvalue weighted by Crippen LogP contribution is -2.58. The van der Waals surface area contributed by atoms with Crippen molar-refractivity contribution in [3.8, 4) is 0 Å². The van der Waals surface area contributed by atoms with E-state index >= 15 is 0 Å². The molecular weight excluding hydrogens is 348 g/mol. The van der Waals surface area contributed by atoms with Gasteiger partial charge in [-0.25, -0.2) is 9.59 Å². The highest BCUT2D eigenvalue weighted by Gasteiger charge is 2.61. The van der Waals surface area contributed by atoms with Crippen molar-refractivity contribution in [2.45, 2.75) is 78.3 Å². The third kappa shape index (κ3) is 3.23. The Hall–Kier alpha value is -1.66. The van der Waals surface area contributed by atoms with E-state index in [4.69, 9.17) is 9.47 Å². The predicted molar refractivity (Wildman–Crippen MR) is 98.3 cm³/mol. The quantitative estimate of drug-likeness (QED) is 0.579. The summed E-state index contributed by atoms with van der Waals surface area (Å²) in [5, 5.41) is 21.5. The van der Waals surface area contributed by atoms with Gasteiger partial charge in [0.1, 0.15) is 6.10 Å². The van der Waals surface area contributed by atoms with E-state index in [9.17, 15) is 19.8 Å². The van der Waals surface area contributed by atoms with Crippen LogP contribution in [0.3, 0.4) is 0 Å². The minimum absolute atomic E-state index is 0.0437. The van der Waals surface area contributed by atoms with Gasteiger partial charge in [-0.2, -0.15) is 0 Å². The maximum Gasteiger partial charge on any atom is 0.336 e. The number of hydrogen-bond donors (Lipinski definition) is 2. The van der Waals surface area contributed by atoms with Crippen molar-refractivity contribution in [3.05, 3.63) is 22.8 Å². The zero-order valence-corrected chi connectivity index (χ0v) is 16.7. The molecule has 0 spiro atoms. The molecule has 0 radical (unpaired) electrons. The number of carbonyl (C=O) groups is 2. The zero-order valence-electron chi connectivity index (χ0n) is 16.7. The van der Waals surface area contributed by atoms with Crippen LogP contribution in [-0.4, -0.2) is 40.1 Å². The van der Waals surface area contributed by atoms with E-state index in [2.05, 4.69) is 6.92 Å². The summed E-state index contributed by atoms with van der Waals surface area (Å²) in [7, 11) is 0. The first-order valence-corrected chi connectivity index (χ1v) is 9.73. The van der Waals surface area contributed by atoms with Crippen LogP contribution in [0.4, 0.5) is 0 Å². The highest BCUT2D eigenvalue weighted by Crippen LogP contribution is 2.59. The van der Waals surface area contributed by atoms with Gasteiger partial charge in [-0.1, -0.05) is 26.3 Å². The van der Waals surface area contributed by atoms with Crippen molar-refractivity contribution >= 4 is 11.9 Å². The second-order valence-electron chi connectivity index (χ2n) is 8.70. The van der Waals surface area contributed by atoms with Crippen molar-refractivity contribution in [2.24, 2.45) is 17.3 Å². The normalized spacial score (nSPS) is 41.7. The molecule has 2 aliphatic carbocycles. The van der Waals surface area contributed by atoms with E-state index in [-0.39, 0.29) is 23.7 Å². The van der Waals surface area contributed by atoms with Gasteiger partial charge in [0.05, 0.1) is 6.10 Å². The summed E-state index contributed by atoms with van der Waals surface area (Å²) in [4.78, 5) is 24.2. The van der Waals surface area contributed by atoms with E-state index in [0.29, 0.717) is 24.0 Å². The lowest BCUT2D eigenvalue weighted by molar-refractivity contribution is -0.221. The SMILES string of the molecule is CCC(C)=CC(=O)OC1C(O)CC2CC3(O)OC(=O)C(C)=C3CC2(C)C1C. The molecule has 0 bridgehead atoms. The first kappa shape index (κ1) is 20.1. The highest BCUT2D eigenvalue weighted by molar-refractivity contribution is 5.92. The maximum absolute atomic E-state index is 12.2. The van der Waals surface area contributed by atoms with Crippen molar-refractivity contribution in [3.63, 3.8) is 0 Å². The monoisotopic (exact) mass is 378 g/mol. The van der Waals surface area contributed by atoms with Crippen LogP contribution in [0.5, 0.6) is 0 Å². The number of hydrogen-bond acceptors (Lipinski definition) is 6. The molecule has 1 aliphatic heterocycles. The predicted octanol–water partition coefficient (Wildman–Crippen LogP) is 2.63. The number of carbonyl (C=O) groups excluding carboxylic acids is 2. The molecule has 0 aromatic heterocycles. The average Bonchev–Trinajstić information content (AvgIpc) is 2.80. The largest absolute Gasteiger partial charge is 0.456 e. The molecule has 6 unspecified atom stereocenters. The third-order valence-electron chi connectivity index (χ3n) is 7.12. The lowest BCUT2D eigenvalue weighted by atomic mass is 9.52. The van der Waals surface area contributed by atoms with Crippen LogP contribution in [-0.2, 0) is 19.1 Å². The van der Waals surface area contributed by atoms with Gasteiger partial charge in [0.15, 0.2) is 0 Å². The summed E-state index contributed by atoms with van der Waals surface area (Å²) in [5.74, 6) is -2.65. The number of esters is 2. The maximum atomic E-state index is 12.2. The van der Waals surface area contributed by atoms with Crippen LogP contribution < -0.4 is 0 Å². The molecule has 3 aliphatic rings. The van der Waals surface area contributed by atoms with Gasteiger partial charge in [-0.05, 0) is 44.4 Å². The summed E-state index contributed by atoms with van der Waals surface area (Å²) in [6, 6.07) is 0. The Kier molecular flexibility index (Phi) is 5.02. The molecular formula is C21H30O6. The van der Waals surface area contributed by atoms with E-state index in [0.717, 1.165) is 12.0 Å². The molecule has 6 nitrogen and oxygen atoms in total. The molecule has 0 saturated heterocycles. The minimum atomic E-state index is -1.56. The molecule has 0 aromatic carbocycles. The van der Waals surface area contributed by atoms with Gasteiger partial charge in [0.2, 0.25) is 5.79 Å². The zero-order chi connectivity index (χ0) is 20.1. The Balaban J connectivity index is 1.87. The number of allylic oxidation sites excluding steroid dienone is 1.